The van der Waals surface area contributed by atoms with Crippen LogP contribution in [0, 0.1) is 0 Å². The third-order valence-electron chi connectivity index (χ3n) is 13.4. The van der Waals surface area contributed by atoms with Crippen LogP contribution in [0.4, 0.5) is 17.1 Å². The minimum atomic E-state index is 0.169. The van der Waals surface area contributed by atoms with Crippen molar-refractivity contribution < 1.29 is 0 Å². The SMILES string of the molecule is C1=Cc2c(c3cc4ccccc4cc3n2-c2ccccc2)C(c2cccc(N(c3ccc(-c4ccc(-c5ccccc5)cc4)cc3)c3ccc(-c4ccc(-c5ccccc5)cc4)cc3)c2)C1. The summed E-state index contributed by atoms with van der Waals surface area (Å²) >= 11 is 0. The molecule has 11 aromatic rings. The Hall–Kier alpha value is -8.46. The second-order valence-corrected chi connectivity index (χ2v) is 17.3. The fourth-order valence-electron chi connectivity index (χ4n) is 10.0. The zero-order valence-corrected chi connectivity index (χ0v) is 36.5. The fraction of sp³-hybridized carbons (Fsp3) is 0.0312. The highest BCUT2D eigenvalue weighted by Gasteiger charge is 2.28. The molecule has 1 heterocycles. The average Bonchev–Trinajstić information content (AvgIpc) is 3.72. The van der Waals surface area contributed by atoms with Crippen molar-refractivity contribution in [3.05, 3.63) is 272 Å². The maximum Gasteiger partial charge on any atom is 0.0544 e. The van der Waals surface area contributed by atoms with E-state index in [0.29, 0.717) is 0 Å². The van der Waals surface area contributed by atoms with Crippen LogP contribution < -0.4 is 4.90 Å². The molecule has 0 radical (unpaired) electrons. The molecule has 1 aromatic heterocycles. The first kappa shape index (κ1) is 39.2. The van der Waals surface area contributed by atoms with Crippen molar-refractivity contribution in [1.82, 2.24) is 4.57 Å². The van der Waals surface area contributed by atoms with Gasteiger partial charge >= 0.3 is 0 Å². The lowest BCUT2D eigenvalue weighted by Gasteiger charge is -2.28. The van der Waals surface area contributed by atoms with Crippen LogP contribution in [0.3, 0.4) is 0 Å². The van der Waals surface area contributed by atoms with Crippen molar-refractivity contribution in [2.45, 2.75) is 12.3 Å². The lowest BCUT2D eigenvalue weighted by Crippen LogP contribution is -2.12. The van der Waals surface area contributed by atoms with Gasteiger partial charge < -0.3 is 9.47 Å². The number of para-hydroxylation sites is 1. The van der Waals surface area contributed by atoms with Gasteiger partial charge in [0, 0.05) is 34.1 Å². The monoisotopic (exact) mass is 842 g/mol. The van der Waals surface area contributed by atoms with Gasteiger partial charge in [-0.3, -0.25) is 0 Å². The molecule has 1 aliphatic rings. The zero-order valence-electron chi connectivity index (χ0n) is 36.5. The number of aromatic nitrogens is 1. The summed E-state index contributed by atoms with van der Waals surface area (Å²) in [5, 5.41) is 3.82. The molecule has 1 unspecified atom stereocenters. The molecule has 312 valence electrons. The van der Waals surface area contributed by atoms with Gasteiger partial charge in [-0.25, -0.2) is 0 Å². The largest absolute Gasteiger partial charge is 0.310 e. The molecule has 1 atom stereocenters. The smallest absolute Gasteiger partial charge is 0.0544 e. The van der Waals surface area contributed by atoms with E-state index in [2.05, 4.69) is 270 Å². The Labute approximate surface area is 386 Å². The van der Waals surface area contributed by atoms with Crippen molar-refractivity contribution in [3.8, 4) is 50.2 Å². The van der Waals surface area contributed by atoms with Gasteiger partial charge in [-0.2, -0.15) is 0 Å². The molecule has 0 fully saturated rings. The molecule has 0 saturated heterocycles. The van der Waals surface area contributed by atoms with Gasteiger partial charge in [0.2, 0.25) is 0 Å². The maximum atomic E-state index is 2.46. The summed E-state index contributed by atoms with van der Waals surface area (Å²) in [7, 11) is 0. The summed E-state index contributed by atoms with van der Waals surface area (Å²) in [6, 6.07) is 90.7. The molecule has 0 N–H and O–H groups in total. The van der Waals surface area contributed by atoms with Crippen LogP contribution in [0.1, 0.15) is 29.2 Å². The summed E-state index contributed by atoms with van der Waals surface area (Å²) in [6.45, 7) is 0. The average molecular weight is 843 g/mol. The first-order chi connectivity index (χ1) is 32.7. The Kier molecular flexibility index (Phi) is 10.0. The molecule has 0 spiro atoms. The second kappa shape index (κ2) is 16.9. The number of nitrogens with zero attached hydrogens (tertiary/aromatic N) is 2. The van der Waals surface area contributed by atoms with Crippen LogP contribution >= 0.6 is 0 Å². The molecule has 10 aromatic carbocycles. The first-order valence-corrected chi connectivity index (χ1v) is 22.9. The van der Waals surface area contributed by atoms with Gasteiger partial charge in [0.05, 0.1) is 11.2 Å². The summed E-state index contributed by atoms with van der Waals surface area (Å²) in [5.74, 6) is 0.169. The van der Waals surface area contributed by atoms with Crippen LogP contribution in [-0.4, -0.2) is 4.57 Å². The van der Waals surface area contributed by atoms with E-state index in [4.69, 9.17) is 0 Å². The number of rotatable bonds is 9. The van der Waals surface area contributed by atoms with E-state index in [1.807, 2.05) is 0 Å². The number of allylic oxidation sites excluding steroid dienone is 1. The maximum absolute atomic E-state index is 2.46. The topological polar surface area (TPSA) is 8.17 Å². The van der Waals surface area contributed by atoms with Gasteiger partial charge in [0.15, 0.2) is 0 Å². The summed E-state index contributed by atoms with van der Waals surface area (Å²) in [5.41, 5.74) is 19.3. The molecule has 0 saturated carbocycles. The van der Waals surface area contributed by atoms with Crippen molar-refractivity contribution in [1.29, 1.82) is 0 Å². The molecule has 1 aliphatic carbocycles. The standard InChI is InChI=1S/C64H46N2/c1-4-14-45(15-5-1)47-26-30-49(31-27-47)51-34-38-57(39-35-51)65(58-40-36-52(37-41-58)50-32-28-48(29-33-50)46-16-6-2-7-17-46)59-23-12-20-55(42-59)60-24-13-25-62-64(60)61-43-53-18-10-11-19-54(53)44-63(61)66(62)56-21-8-3-9-22-56/h1-23,25-44,60H,24H2. The quantitative estimate of drug-likeness (QED) is 0.141. The van der Waals surface area contributed by atoms with Crippen molar-refractivity contribution in [2.75, 3.05) is 4.90 Å². The Morgan fingerprint density at radius 2 is 0.803 bits per heavy atom. The van der Waals surface area contributed by atoms with Crippen LogP contribution in [0.25, 0.3) is 77.9 Å². The fourth-order valence-corrected chi connectivity index (χ4v) is 10.0. The molecular formula is C64H46N2. The minimum absolute atomic E-state index is 0.169. The van der Waals surface area contributed by atoms with Gasteiger partial charge in [0.25, 0.3) is 0 Å². The Bertz CT molecular complexity index is 3370. The Morgan fingerprint density at radius 3 is 1.32 bits per heavy atom. The number of benzene rings is 10. The highest BCUT2D eigenvalue weighted by atomic mass is 15.1. The van der Waals surface area contributed by atoms with Gasteiger partial charge in [-0.05, 0) is 140 Å². The van der Waals surface area contributed by atoms with E-state index in [-0.39, 0.29) is 5.92 Å². The van der Waals surface area contributed by atoms with E-state index in [9.17, 15) is 0 Å². The molecule has 2 heteroatoms. The van der Waals surface area contributed by atoms with Gasteiger partial charge in [-0.15, -0.1) is 0 Å². The summed E-state index contributed by atoms with van der Waals surface area (Å²) in [4.78, 5) is 2.41. The molecule has 0 bridgehead atoms. The highest BCUT2D eigenvalue weighted by molar-refractivity contribution is 6.02. The second-order valence-electron chi connectivity index (χ2n) is 17.3. The molecule has 2 nitrogen and oxygen atoms in total. The van der Waals surface area contributed by atoms with E-state index < -0.39 is 0 Å². The van der Waals surface area contributed by atoms with E-state index in [1.54, 1.807) is 0 Å². The molecule has 66 heavy (non-hydrogen) atoms. The lowest BCUT2D eigenvalue weighted by atomic mass is 9.83. The van der Waals surface area contributed by atoms with E-state index in [0.717, 1.165) is 23.5 Å². The Balaban J connectivity index is 0.941. The zero-order chi connectivity index (χ0) is 43.8. The predicted molar refractivity (Wildman–Crippen MR) is 279 cm³/mol. The predicted octanol–water partition coefficient (Wildman–Crippen LogP) is 17.5. The highest BCUT2D eigenvalue weighted by Crippen LogP contribution is 2.46. The van der Waals surface area contributed by atoms with Crippen LogP contribution in [0.15, 0.2) is 255 Å². The third-order valence-corrected chi connectivity index (χ3v) is 13.4. The van der Waals surface area contributed by atoms with Crippen LogP contribution in [0.5, 0.6) is 0 Å². The van der Waals surface area contributed by atoms with Gasteiger partial charge in [0.1, 0.15) is 0 Å². The van der Waals surface area contributed by atoms with Crippen molar-refractivity contribution in [3.63, 3.8) is 0 Å². The summed E-state index contributed by atoms with van der Waals surface area (Å²) < 4.78 is 2.46. The molecule has 0 aliphatic heterocycles. The lowest BCUT2D eigenvalue weighted by molar-refractivity contribution is 0.819. The number of hydrogen-bond acceptors (Lipinski definition) is 1. The van der Waals surface area contributed by atoms with E-state index >= 15 is 0 Å². The molecular weight excluding hydrogens is 797 g/mol. The molecule has 0 amide bonds. The normalized spacial score (nSPS) is 13.2. The van der Waals surface area contributed by atoms with Crippen molar-refractivity contribution >= 4 is 44.8 Å². The van der Waals surface area contributed by atoms with Crippen LogP contribution in [-0.2, 0) is 0 Å². The minimum Gasteiger partial charge on any atom is -0.310 e. The molecule has 12 rings (SSSR count). The third kappa shape index (κ3) is 7.29. The number of fused-ring (bicyclic) bond motifs is 4. The number of anilines is 3. The van der Waals surface area contributed by atoms with Crippen LogP contribution in [0.2, 0.25) is 0 Å². The number of hydrogen-bond donors (Lipinski definition) is 0. The van der Waals surface area contributed by atoms with Gasteiger partial charge in [-0.1, -0.05) is 194 Å². The van der Waals surface area contributed by atoms with E-state index in [1.165, 1.54) is 88.7 Å². The van der Waals surface area contributed by atoms with Crippen molar-refractivity contribution in [2.24, 2.45) is 0 Å². The Morgan fingerprint density at radius 1 is 0.364 bits per heavy atom. The summed E-state index contributed by atoms with van der Waals surface area (Å²) in [6.07, 6.45) is 5.63. The first-order valence-electron chi connectivity index (χ1n) is 22.9.